The van der Waals surface area contributed by atoms with Crippen LogP contribution in [0.4, 0.5) is 8.78 Å². The van der Waals surface area contributed by atoms with Crippen molar-refractivity contribution in [1.29, 1.82) is 0 Å². The highest BCUT2D eigenvalue weighted by molar-refractivity contribution is 5.77. The first kappa shape index (κ1) is 10.7. The summed E-state index contributed by atoms with van der Waals surface area (Å²) >= 11 is 0. The number of nitrogens with two attached hydrogens (primary N) is 1. The van der Waals surface area contributed by atoms with Crippen LogP contribution in [0.15, 0.2) is 6.20 Å². The minimum absolute atomic E-state index is 0.0415. The quantitative estimate of drug-likeness (QED) is 0.754. The van der Waals surface area contributed by atoms with Crippen LogP contribution in [0.3, 0.4) is 0 Å². The number of alkyl halides is 2. The molecule has 0 aromatic carbocycles. The summed E-state index contributed by atoms with van der Waals surface area (Å²) in [6, 6.07) is 0. The standard InChI is InChI=1S/C9H10F2N2O/c1-5-7(2-12)8(9(10)11)6(4-14)3-13-5/h3-4,9H,2,12H2,1H3. The van der Waals surface area contributed by atoms with Crippen molar-refractivity contribution in [2.24, 2.45) is 5.73 Å². The molecule has 0 atom stereocenters. The summed E-state index contributed by atoms with van der Waals surface area (Å²) < 4.78 is 25.2. The molecule has 3 nitrogen and oxygen atoms in total. The number of nitrogens with zero attached hydrogens (tertiary/aromatic N) is 1. The van der Waals surface area contributed by atoms with Gasteiger partial charge in [-0.05, 0) is 12.5 Å². The van der Waals surface area contributed by atoms with Gasteiger partial charge in [0, 0.05) is 29.6 Å². The summed E-state index contributed by atoms with van der Waals surface area (Å²) in [6.45, 7) is 1.54. The van der Waals surface area contributed by atoms with Gasteiger partial charge in [0.1, 0.15) is 0 Å². The molecule has 76 valence electrons. The van der Waals surface area contributed by atoms with E-state index in [1.54, 1.807) is 6.92 Å². The molecule has 0 bridgehead atoms. The molecule has 0 amide bonds. The molecule has 0 unspecified atom stereocenters. The Hall–Kier alpha value is -1.36. The normalized spacial score (nSPS) is 10.6. The maximum atomic E-state index is 12.6. The smallest absolute Gasteiger partial charge is 0.264 e. The second kappa shape index (κ2) is 4.23. The van der Waals surface area contributed by atoms with Crippen LogP contribution in [0, 0.1) is 6.92 Å². The number of aryl methyl sites for hydroxylation is 1. The van der Waals surface area contributed by atoms with E-state index in [0.717, 1.165) is 6.20 Å². The average Bonchev–Trinajstić information content (AvgIpc) is 2.17. The van der Waals surface area contributed by atoms with E-state index in [2.05, 4.69) is 4.98 Å². The summed E-state index contributed by atoms with van der Waals surface area (Å²) in [4.78, 5) is 14.3. The highest BCUT2D eigenvalue weighted by Gasteiger charge is 2.19. The van der Waals surface area contributed by atoms with Crippen LogP contribution in [0.1, 0.15) is 33.6 Å². The largest absolute Gasteiger partial charge is 0.326 e. The van der Waals surface area contributed by atoms with E-state index < -0.39 is 6.43 Å². The zero-order chi connectivity index (χ0) is 10.7. The number of carbonyl (C=O) groups is 1. The summed E-state index contributed by atoms with van der Waals surface area (Å²) in [7, 11) is 0. The lowest BCUT2D eigenvalue weighted by Crippen LogP contribution is -2.09. The van der Waals surface area contributed by atoms with Crippen molar-refractivity contribution < 1.29 is 13.6 Å². The Balaban J connectivity index is 3.43. The number of hydrogen-bond donors (Lipinski definition) is 1. The molecular weight excluding hydrogens is 190 g/mol. The van der Waals surface area contributed by atoms with Gasteiger partial charge in [-0.1, -0.05) is 0 Å². The molecule has 0 fully saturated rings. The second-order valence-electron chi connectivity index (χ2n) is 2.81. The van der Waals surface area contributed by atoms with Crippen molar-refractivity contribution in [3.05, 3.63) is 28.6 Å². The number of rotatable bonds is 3. The van der Waals surface area contributed by atoms with Crippen molar-refractivity contribution in [2.75, 3.05) is 0 Å². The molecule has 0 spiro atoms. The lowest BCUT2D eigenvalue weighted by atomic mass is 10.0. The maximum absolute atomic E-state index is 12.6. The Labute approximate surface area is 79.9 Å². The van der Waals surface area contributed by atoms with Gasteiger partial charge in [0.25, 0.3) is 6.43 Å². The molecule has 14 heavy (non-hydrogen) atoms. The van der Waals surface area contributed by atoms with Gasteiger partial charge < -0.3 is 5.73 Å². The third-order valence-electron chi connectivity index (χ3n) is 2.02. The Morgan fingerprint density at radius 1 is 1.64 bits per heavy atom. The van der Waals surface area contributed by atoms with Gasteiger partial charge in [0.05, 0.1) is 0 Å². The Morgan fingerprint density at radius 2 is 2.29 bits per heavy atom. The Kier molecular flexibility index (Phi) is 3.24. The minimum Gasteiger partial charge on any atom is -0.326 e. The third kappa shape index (κ3) is 1.77. The number of aromatic nitrogens is 1. The summed E-state index contributed by atoms with van der Waals surface area (Å²) in [5.41, 5.74) is 5.63. The highest BCUT2D eigenvalue weighted by atomic mass is 19.3. The van der Waals surface area contributed by atoms with Crippen molar-refractivity contribution in [1.82, 2.24) is 4.98 Å². The molecular formula is C9H10F2N2O. The number of carbonyl (C=O) groups excluding carboxylic acids is 1. The van der Waals surface area contributed by atoms with Crippen molar-refractivity contribution >= 4 is 6.29 Å². The monoisotopic (exact) mass is 200 g/mol. The molecule has 1 aromatic heterocycles. The van der Waals surface area contributed by atoms with Crippen molar-refractivity contribution in [2.45, 2.75) is 19.9 Å². The summed E-state index contributed by atoms with van der Waals surface area (Å²) in [6.07, 6.45) is -1.19. The average molecular weight is 200 g/mol. The van der Waals surface area contributed by atoms with E-state index in [1.807, 2.05) is 0 Å². The summed E-state index contributed by atoms with van der Waals surface area (Å²) in [5, 5.41) is 0. The van der Waals surface area contributed by atoms with Crippen LogP contribution in [-0.4, -0.2) is 11.3 Å². The number of hydrogen-bond acceptors (Lipinski definition) is 3. The van der Waals surface area contributed by atoms with Crippen LogP contribution in [0.5, 0.6) is 0 Å². The third-order valence-corrected chi connectivity index (χ3v) is 2.02. The number of halogens is 2. The zero-order valence-electron chi connectivity index (χ0n) is 7.63. The van der Waals surface area contributed by atoms with Crippen molar-refractivity contribution in [3.63, 3.8) is 0 Å². The molecule has 0 radical (unpaired) electrons. The fourth-order valence-corrected chi connectivity index (χ4v) is 1.29. The second-order valence-corrected chi connectivity index (χ2v) is 2.81. The number of pyridine rings is 1. The van der Waals surface area contributed by atoms with Gasteiger partial charge in [-0.2, -0.15) is 0 Å². The van der Waals surface area contributed by atoms with Crippen LogP contribution in [-0.2, 0) is 6.54 Å². The minimum atomic E-state index is -2.70. The molecule has 5 heteroatoms. The molecule has 0 saturated heterocycles. The van der Waals surface area contributed by atoms with Crippen LogP contribution >= 0.6 is 0 Å². The van der Waals surface area contributed by atoms with E-state index in [-0.39, 0.29) is 23.2 Å². The highest BCUT2D eigenvalue weighted by Crippen LogP contribution is 2.26. The van der Waals surface area contributed by atoms with E-state index in [1.165, 1.54) is 0 Å². The van der Waals surface area contributed by atoms with Gasteiger partial charge in [0.15, 0.2) is 6.29 Å². The molecule has 2 N–H and O–H groups in total. The fraction of sp³-hybridized carbons (Fsp3) is 0.333. The fourth-order valence-electron chi connectivity index (χ4n) is 1.29. The van der Waals surface area contributed by atoms with Crippen LogP contribution in [0.25, 0.3) is 0 Å². The van der Waals surface area contributed by atoms with Crippen LogP contribution < -0.4 is 5.73 Å². The van der Waals surface area contributed by atoms with Gasteiger partial charge in [-0.15, -0.1) is 0 Å². The first-order valence-electron chi connectivity index (χ1n) is 4.03. The van der Waals surface area contributed by atoms with Crippen molar-refractivity contribution in [3.8, 4) is 0 Å². The van der Waals surface area contributed by atoms with E-state index in [0.29, 0.717) is 12.0 Å². The van der Waals surface area contributed by atoms with Gasteiger partial charge in [-0.3, -0.25) is 9.78 Å². The molecule has 0 aliphatic carbocycles. The molecule has 0 aliphatic heterocycles. The Bertz CT molecular complexity index is 353. The SMILES string of the molecule is Cc1ncc(C=O)c(C(F)F)c1CN. The zero-order valence-corrected chi connectivity index (χ0v) is 7.63. The Morgan fingerprint density at radius 3 is 2.71 bits per heavy atom. The van der Waals surface area contributed by atoms with E-state index in [4.69, 9.17) is 5.73 Å². The number of aldehydes is 1. The predicted octanol–water partition coefficient (Wildman–Crippen LogP) is 1.60. The lowest BCUT2D eigenvalue weighted by Gasteiger charge is -2.11. The summed E-state index contributed by atoms with van der Waals surface area (Å²) in [5.74, 6) is 0. The van der Waals surface area contributed by atoms with Gasteiger partial charge in [-0.25, -0.2) is 8.78 Å². The van der Waals surface area contributed by atoms with E-state index in [9.17, 15) is 13.6 Å². The topological polar surface area (TPSA) is 56.0 Å². The van der Waals surface area contributed by atoms with E-state index >= 15 is 0 Å². The van der Waals surface area contributed by atoms with Gasteiger partial charge >= 0.3 is 0 Å². The lowest BCUT2D eigenvalue weighted by molar-refractivity contribution is 0.110. The molecule has 1 heterocycles. The first-order chi connectivity index (χ1) is 6.61. The molecule has 1 rings (SSSR count). The van der Waals surface area contributed by atoms with Gasteiger partial charge in [0.2, 0.25) is 0 Å². The predicted molar refractivity (Wildman–Crippen MR) is 47.2 cm³/mol. The maximum Gasteiger partial charge on any atom is 0.264 e. The molecule has 0 aliphatic rings. The van der Waals surface area contributed by atoms with Crippen LogP contribution in [0.2, 0.25) is 0 Å². The first-order valence-corrected chi connectivity index (χ1v) is 4.03. The molecule has 0 saturated carbocycles. The molecule has 1 aromatic rings.